The molecule has 7 aromatic rings. The summed E-state index contributed by atoms with van der Waals surface area (Å²) in [6.45, 7) is 0. The maximum Gasteiger partial charge on any atom is 0.123 e. The van der Waals surface area contributed by atoms with E-state index in [0.29, 0.717) is 0 Å². The van der Waals surface area contributed by atoms with E-state index in [1.54, 1.807) is 0 Å². The molecule has 2 heteroatoms. The summed E-state index contributed by atoms with van der Waals surface area (Å²) in [6, 6.07) is 62.5. The molecule has 2 unspecified atom stereocenters. The Hall–Kier alpha value is -5.70. The fraction of sp³-hybridized carbons (Fsp3) is 0.0455. The van der Waals surface area contributed by atoms with Crippen molar-refractivity contribution in [1.82, 2.24) is 0 Å². The number of hydrogen-bond donors (Lipinski definition) is 1. The van der Waals surface area contributed by atoms with Crippen LogP contribution in [-0.4, -0.2) is 5.66 Å². The molecule has 0 bridgehead atoms. The quantitative estimate of drug-likeness (QED) is 0.195. The van der Waals surface area contributed by atoms with Gasteiger partial charge in [0.1, 0.15) is 5.66 Å². The molecule has 0 spiro atoms. The van der Waals surface area contributed by atoms with E-state index in [-0.39, 0.29) is 5.92 Å². The van der Waals surface area contributed by atoms with E-state index < -0.39 is 5.66 Å². The van der Waals surface area contributed by atoms with Gasteiger partial charge in [0.15, 0.2) is 0 Å². The van der Waals surface area contributed by atoms with Gasteiger partial charge in [0.05, 0.1) is 5.92 Å². The van der Waals surface area contributed by atoms with Gasteiger partial charge in [0.2, 0.25) is 0 Å². The van der Waals surface area contributed by atoms with Gasteiger partial charge in [-0.3, -0.25) is 0 Å². The molecule has 0 fully saturated rings. The van der Waals surface area contributed by atoms with Crippen LogP contribution in [0.4, 0.5) is 11.4 Å². The standard InChI is InChI=1S/C44H34N2/c45-44(46(35-22-6-2-7-23-35)36-24-8-3-9-25-36)31-30-39(34-16-4-1-5-17-34)42(40-28-14-20-32-18-10-12-26-37(32)40)43(44)41-29-15-21-33-19-11-13-27-38(33)41/h1-31,43H,45H2. The summed E-state index contributed by atoms with van der Waals surface area (Å²) in [5, 5.41) is 4.81. The summed E-state index contributed by atoms with van der Waals surface area (Å²) in [6.07, 6.45) is 4.49. The molecule has 8 rings (SSSR count). The number of nitrogens with zero attached hydrogens (tertiary/aromatic N) is 1. The van der Waals surface area contributed by atoms with Gasteiger partial charge in [-0.15, -0.1) is 0 Å². The van der Waals surface area contributed by atoms with E-state index in [1.807, 2.05) is 0 Å². The smallest absolute Gasteiger partial charge is 0.123 e. The first-order chi connectivity index (χ1) is 22.7. The summed E-state index contributed by atoms with van der Waals surface area (Å²) in [5.41, 5.74) is 15.1. The topological polar surface area (TPSA) is 29.3 Å². The number of hydrogen-bond acceptors (Lipinski definition) is 2. The Morgan fingerprint density at radius 2 is 0.978 bits per heavy atom. The average molecular weight is 591 g/mol. The molecule has 46 heavy (non-hydrogen) atoms. The number of anilines is 2. The fourth-order valence-corrected chi connectivity index (χ4v) is 7.28. The number of nitrogens with two attached hydrogens (primary N) is 1. The monoisotopic (exact) mass is 590 g/mol. The van der Waals surface area contributed by atoms with Gasteiger partial charge >= 0.3 is 0 Å². The molecule has 0 amide bonds. The highest BCUT2D eigenvalue weighted by molar-refractivity contribution is 6.08. The minimum Gasteiger partial charge on any atom is -0.318 e. The molecule has 0 radical (unpaired) electrons. The lowest BCUT2D eigenvalue weighted by Gasteiger charge is -2.49. The van der Waals surface area contributed by atoms with Gasteiger partial charge < -0.3 is 10.6 Å². The zero-order valence-electron chi connectivity index (χ0n) is 25.5. The molecule has 0 saturated heterocycles. The summed E-state index contributed by atoms with van der Waals surface area (Å²) in [5.74, 6) is -0.259. The minimum absolute atomic E-state index is 0.259. The predicted octanol–water partition coefficient (Wildman–Crippen LogP) is 10.8. The van der Waals surface area contributed by atoms with Gasteiger partial charge in [0, 0.05) is 11.4 Å². The van der Waals surface area contributed by atoms with Crippen LogP contribution in [0.5, 0.6) is 0 Å². The number of fused-ring (bicyclic) bond motifs is 2. The predicted molar refractivity (Wildman–Crippen MR) is 195 cm³/mol. The first-order valence-corrected chi connectivity index (χ1v) is 15.9. The summed E-state index contributed by atoms with van der Waals surface area (Å²) in [4.78, 5) is 2.32. The van der Waals surface area contributed by atoms with Crippen molar-refractivity contribution in [2.75, 3.05) is 4.90 Å². The van der Waals surface area contributed by atoms with Gasteiger partial charge in [-0.1, -0.05) is 158 Å². The number of allylic oxidation sites excluding steroid dienone is 2. The van der Waals surface area contributed by atoms with Crippen LogP contribution < -0.4 is 10.6 Å². The van der Waals surface area contributed by atoms with Crippen LogP contribution in [0.15, 0.2) is 188 Å². The Morgan fingerprint density at radius 3 is 1.63 bits per heavy atom. The van der Waals surface area contributed by atoms with E-state index in [4.69, 9.17) is 5.73 Å². The zero-order chi connectivity index (χ0) is 30.9. The summed E-state index contributed by atoms with van der Waals surface area (Å²) >= 11 is 0. The molecule has 0 heterocycles. The average Bonchev–Trinajstić information content (AvgIpc) is 3.12. The molecule has 2 N–H and O–H groups in total. The molecule has 7 aromatic carbocycles. The number of benzene rings is 7. The molecular weight excluding hydrogens is 556 g/mol. The maximum atomic E-state index is 8.05. The van der Waals surface area contributed by atoms with E-state index in [0.717, 1.165) is 11.4 Å². The summed E-state index contributed by atoms with van der Waals surface area (Å²) in [7, 11) is 0. The van der Waals surface area contributed by atoms with Gasteiger partial charge in [-0.25, -0.2) is 0 Å². The van der Waals surface area contributed by atoms with E-state index in [1.165, 1.54) is 49.4 Å². The van der Waals surface area contributed by atoms with E-state index >= 15 is 0 Å². The highest BCUT2D eigenvalue weighted by Crippen LogP contribution is 2.53. The van der Waals surface area contributed by atoms with Crippen molar-refractivity contribution in [2.45, 2.75) is 11.6 Å². The van der Waals surface area contributed by atoms with Crippen LogP contribution in [0.2, 0.25) is 0 Å². The second-order valence-electron chi connectivity index (χ2n) is 11.9. The molecule has 1 aliphatic carbocycles. The highest BCUT2D eigenvalue weighted by Gasteiger charge is 2.46. The Balaban J connectivity index is 1.52. The van der Waals surface area contributed by atoms with E-state index in [2.05, 4.69) is 193 Å². The Bertz CT molecular complexity index is 2170. The van der Waals surface area contributed by atoms with Crippen molar-refractivity contribution in [2.24, 2.45) is 5.73 Å². The molecule has 0 saturated carbocycles. The molecule has 2 atom stereocenters. The second-order valence-corrected chi connectivity index (χ2v) is 11.9. The van der Waals surface area contributed by atoms with Crippen molar-refractivity contribution >= 4 is 44.1 Å². The molecule has 0 aliphatic heterocycles. The first-order valence-electron chi connectivity index (χ1n) is 15.9. The van der Waals surface area contributed by atoms with Crippen molar-refractivity contribution in [3.8, 4) is 0 Å². The molecular formula is C44H34N2. The van der Waals surface area contributed by atoms with E-state index in [9.17, 15) is 0 Å². The van der Waals surface area contributed by atoms with Crippen LogP contribution in [0, 0.1) is 0 Å². The Labute approximate surface area is 270 Å². The molecule has 2 nitrogen and oxygen atoms in total. The number of para-hydroxylation sites is 2. The van der Waals surface area contributed by atoms with Crippen LogP contribution >= 0.6 is 0 Å². The van der Waals surface area contributed by atoms with Crippen LogP contribution in [0.25, 0.3) is 32.7 Å². The normalized spacial score (nSPS) is 17.8. The molecule has 0 aromatic heterocycles. The van der Waals surface area contributed by atoms with Crippen molar-refractivity contribution in [3.05, 3.63) is 205 Å². The maximum absolute atomic E-state index is 8.05. The molecule has 220 valence electrons. The third-order valence-electron chi connectivity index (χ3n) is 9.27. The van der Waals surface area contributed by atoms with Crippen LogP contribution in [0.1, 0.15) is 22.6 Å². The Kier molecular flexibility index (Phi) is 7.05. The SMILES string of the molecule is NC1(N(c2ccccc2)c2ccccc2)C=CC(c2ccccc2)=C(c2cccc3ccccc23)C1c1cccc2ccccc12. The highest BCUT2D eigenvalue weighted by atomic mass is 15.3. The first kappa shape index (κ1) is 27.8. The van der Waals surface area contributed by atoms with Crippen LogP contribution in [-0.2, 0) is 0 Å². The lowest BCUT2D eigenvalue weighted by molar-refractivity contribution is 0.493. The van der Waals surface area contributed by atoms with Gasteiger partial charge in [0.25, 0.3) is 0 Å². The lowest BCUT2D eigenvalue weighted by Crippen LogP contribution is -2.58. The lowest BCUT2D eigenvalue weighted by atomic mass is 9.69. The third-order valence-corrected chi connectivity index (χ3v) is 9.27. The van der Waals surface area contributed by atoms with Gasteiger partial charge in [-0.05, 0) is 79.7 Å². The number of rotatable bonds is 6. The molecule has 1 aliphatic rings. The largest absolute Gasteiger partial charge is 0.318 e. The van der Waals surface area contributed by atoms with Crippen LogP contribution in [0.3, 0.4) is 0 Å². The summed E-state index contributed by atoms with van der Waals surface area (Å²) < 4.78 is 0. The van der Waals surface area contributed by atoms with Crippen molar-refractivity contribution in [3.63, 3.8) is 0 Å². The van der Waals surface area contributed by atoms with Crippen molar-refractivity contribution < 1.29 is 0 Å². The Morgan fingerprint density at radius 1 is 0.478 bits per heavy atom. The minimum atomic E-state index is -0.989. The second kappa shape index (κ2) is 11.7. The zero-order valence-corrected chi connectivity index (χ0v) is 25.5. The van der Waals surface area contributed by atoms with Gasteiger partial charge in [-0.2, -0.15) is 0 Å². The third kappa shape index (κ3) is 4.72. The fourth-order valence-electron chi connectivity index (χ4n) is 7.28. The van der Waals surface area contributed by atoms with Crippen molar-refractivity contribution in [1.29, 1.82) is 0 Å².